The van der Waals surface area contributed by atoms with Crippen LogP contribution in [-0.2, 0) is 0 Å². The first kappa shape index (κ1) is 14.9. The highest BCUT2D eigenvalue weighted by Crippen LogP contribution is 2.21. The average Bonchev–Trinajstić information content (AvgIpc) is 2.45. The molecular weight excluding hydrogens is 320 g/mol. The molecule has 0 aliphatic heterocycles. The number of aromatic nitrogens is 1. The number of aromatic amines is 1. The van der Waals surface area contributed by atoms with Crippen LogP contribution in [0.3, 0.4) is 0 Å². The SMILES string of the molecule is NCCCC[C@H](Br)C(=O)c1cc(=O)[nH]c2ccccc12. The van der Waals surface area contributed by atoms with Crippen LogP contribution in [0.5, 0.6) is 0 Å². The first-order valence-corrected chi connectivity index (χ1v) is 7.55. The van der Waals surface area contributed by atoms with Gasteiger partial charge in [-0.1, -0.05) is 40.5 Å². The number of benzene rings is 1. The van der Waals surface area contributed by atoms with Gasteiger partial charge in [0.1, 0.15) is 0 Å². The van der Waals surface area contributed by atoms with Gasteiger partial charge in [0.05, 0.1) is 4.83 Å². The quantitative estimate of drug-likeness (QED) is 0.483. The number of carbonyl (C=O) groups excluding carboxylic acids is 1. The van der Waals surface area contributed by atoms with Crippen molar-refractivity contribution in [1.82, 2.24) is 4.98 Å². The van der Waals surface area contributed by atoms with E-state index >= 15 is 0 Å². The minimum atomic E-state index is -0.278. The molecule has 1 aromatic carbocycles. The number of halogens is 1. The fourth-order valence-corrected chi connectivity index (χ4v) is 2.75. The van der Waals surface area contributed by atoms with Gasteiger partial charge in [0, 0.05) is 22.5 Å². The Balaban J connectivity index is 2.32. The van der Waals surface area contributed by atoms with Crippen molar-refractivity contribution in [2.45, 2.75) is 24.1 Å². The lowest BCUT2D eigenvalue weighted by Gasteiger charge is -2.10. The summed E-state index contributed by atoms with van der Waals surface area (Å²) in [4.78, 5) is 26.6. The third kappa shape index (κ3) is 3.35. The number of unbranched alkanes of at least 4 members (excludes halogenated alkanes) is 1. The van der Waals surface area contributed by atoms with Gasteiger partial charge in [-0.2, -0.15) is 0 Å². The predicted octanol–water partition coefficient (Wildman–Crippen LogP) is 2.60. The Morgan fingerprint density at radius 1 is 1.30 bits per heavy atom. The molecule has 0 spiro atoms. The minimum absolute atomic E-state index is 0.0516. The lowest BCUT2D eigenvalue weighted by atomic mass is 10.0. The lowest BCUT2D eigenvalue weighted by Crippen LogP contribution is -2.18. The largest absolute Gasteiger partial charge is 0.330 e. The number of alkyl halides is 1. The van der Waals surface area contributed by atoms with Crippen LogP contribution < -0.4 is 11.3 Å². The molecule has 0 unspecified atom stereocenters. The molecule has 0 saturated heterocycles. The zero-order valence-electron chi connectivity index (χ0n) is 11.1. The van der Waals surface area contributed by atoms with Crippen LogP contribution in [0.4, 0.5) is 0 Å². The van der Waals surface area contributed by atoms with Gasteiger partial charge in [0.15, 0.2) is 5.78 Å². The Morgan fingerprint density at radius 2 is 2.05 bits per heavy atom. The summed E-state index contributed by atoms with van der Waals surface area (Å²) in [6, 6.07) is 8.71. The van der Waals surface area contributed by atoms with E-state index in [2.05, 4.69) is 20.9 Å². The fraction of sp³-hybridized carbons (Fsp3) is 0.333. The first-order valence-electron chi connectivity index (χ1n) is 6.64. The summed E-state index contributed by atoms with van der Waals surface area (Å²) in [6.45, 7) is 0.627. The predicted molar refractivity (Wildman–Crippen MR) is 84.5 cm³/mol. The Hall–Kier alpha value is -1.46. The van der Waals surface area contributed by atoms with Crippen molar-refractivity contribution in [3.05, 3.63) is 46.2 Å². The van der Waals surface area contributed by atoms with Crippen molar-refractivity contribution < 1.29 is 4.79 Å². The number of nitrogens with one attached hydrogen (secondary N) is 1. The zero-order valence-corrected chi connectivity index (χ0v) is 12.7. The van der Waals surface area contributed by atoms with Gasteiger partial charge in [-0.15, -0.1) is 0 Å². The van der Waals surface area contributed by atoms with Crippen molar-refractivity contribution in [2.24, 2.45) is 5.73 Å². The second-order valence-electron chi connectivity index (χ2n) is 4.71. The lowest BCUT2D eigenvalue weighted by molar-refractivity contribution is 0.0989. The summed E-state index contributed by atoms with van der Waals surface area (Å²) in [7, 11) is 0. The van der Waals surface area contributed by atoms with E-state index in [0.29, 0.717) is 17.6 Å². The second-order valence-corrected chi connectivity index (χ2v) is 5.81. The molecule has 1 atom stereocenters. The number of ketones is 1. The average molecular weight is 337 g/mol. The van der Waals surface area contributed by atoms with E-state index in [4.69, 9.17) is 5.73 Å². The molecular formula is C15H17BrN2O2. The molecule has 4 nitrogen and oxygen atoms in total. The topological polar surface area (TPSA) is 76.0 Å². The minimum Gasteiger partial charge on any atom is -0.330 e. The highest BCUT2D eigenvalue weighted by molar-refractivity contribution is 9.10. The van der Waals surface area contributed by atoms with Crippen LogP contribution in [0.1, 0.15) is 29.6 Å². The number of nitrogens with two attached hydrogens (primary N) is 1. The summed E-state index contributed by atoms with van der Waals surface area (Å²) in [5.41, 5.74) is 6.35. The van der Waals surface area contributed by atoms with E-state index in [1.807, 2.05) is 18.2 Å². The van der Waals surface area contributed by atoms with Gasteiger partial charge in [0.25, 0.3) is 0 Å². The molecule has 0 bridgehead atoms. The molecule has 0 aliphatic rings. The maximum atomic E-state index is 12.5. The number of fused-ring (bicyclic) bond motifs is 1. The molecule has 106 valence electrons. The standard InChI is InChI=1S/C15H17BrN2O2/c16-12(6-3-4-8-17)15(20)11-9-14(19)18-13-7-2-1-5-10(11)13/h1-2,5,7,9,12H,3-4,6,8,17H2,(H,18,19)/t12-/m0/s1. The first-order chi connectivity index (χ1) is 9.63. The fourth-order valence-electron chi connectivity index (χ4n) is 2.18. The van der Waals surface area contributed by atoms with Crippen LogP contribution in [0.25, 0.3) is 10.9 Å². The molecule has 0 saturated carbocycles. The van der Waals surface area contributed by atoms with Crippen molar-refractivity contribution in [1.29, 1.82) is 0 Å². The monoisotopic (exact) mass is 336 g/mol. The number of carbonyl (C=O) groups is 1. The van der Waals surface area contributed by atoms with Gasteiger partial charge in [-0.3, -0.25) is 9.59 Å². The molecule has 3 N–H and O–H groups in total. The molecule has 0 amide bonds. The summed E-state index contributed by atoms with van der Waals surface area (Å²) >= 11 is 3.42. The third-order valence-corrected chi connectivity index (χ3v) is 4.09. The Labute approximate surface area is 125 Å². The van der Waals surface area contributed by atoms with Gasteiger partial charge in [-0.05, 0) is 25.5 Å². The number of hydrogen-bond donors (Lipinski definition) is 2. The Bertz CT molecular complexity index is 666. The van der Waals surface area contributed by atoms with Gasteiger partial charge >= 0.3 is 0 Å². The molecule has 1 aromatic heterocycles. The van der Waals surface area contributed by atoms with E-state index in [0.717, 1.165) is 24.6 Å². The van der Waals surface area contributed by atoms with Crippen molar-refractivity contribution >= 4 is 32.6 Å². The highest BCUT2D eigenvalue weighted by Gasteiger charge is 2.19. The van der Waals surface area contributed by atoms with Crippen LogP contribution >= 0.6 is 15.9 Å². The number of hydrogen-bond acceptors (Lipinski definition) is 3. The van der Waals surface area contributed by atoms with E-state index < -0.39 is 0 Å². The number of rotatable bonds is 6. The maximum Gasteiger partial charge on any atom is 0.249 e. The van der Waals surface area contributed by atoms with Crippen LogP contribution in [0, 0.1) is 0 Å². The molecule has 2 rings (SSSR count). The summed E-state index contributed by atoms with van der Waals surface area (Å²) in [5.74, 6) is -0.0516. The van der Waals surface area contributed by atoms with Crippen molar-refractivity contribution in [3.8, 4) is 0 Å². The third-order valence-electron chi connectivity index (χ3n) is 3.21. The summed E-state index contributed by atoms with van der Waals surface area (Å²) in [5, 5.41) is 0.778. The van der Waals surface area contributed by atoms with Crippen LogP contribution in [0.15, 0.2) is 35.1 Å². The molecule has 0 fully saturated rings. The van der Waals surface area contributed by atoms with Crippen LogP contribution in [0.2, 0.25) is 0 Å². The van der Waals surface area contributed by atoms with E-state index in [-0.39, 0.29) is 16.2 Å². The highest BCUT2D eigenvalue weighted by atomic mass is 79.9. The van der Waals surface area contributed by atoms with E-state index in [1.165, 1.54) is 6.07 Å². The van der Waals surface area contributed by atoms with Crippen molar-refractivity contribution in [2.75, 3.05) is 6.54 Å². The molecule has 5 heteroatoms. The normalized spacial score (nSPS) is 12.5. The smallest absolute Gasteiger partial charge is 0.249 e. The summed E-state index contributed by atoms with van der Waals surface area (Å²) < 4.78 is 0. The molecule has 2 aromatic rings. The van der Waals surface area contributed by atoms with Crippen LogP contribution in [-0.4, -0.2) is 22.1 Å². The molecule has 1 heterocycles. The van der Waals surface area contributed by atoms with Gasteiger partial charge in [0.2, 0.25) is 5.56 Å². The Kier molecular flexibility index (Phi) is 5.09. The molecule has 0 aliphatic carbocycles. The van der Waals surface area contributed by atoms with Gasteiger partial charge in [-0.25, -0.2) is 0 Å². The van der Waals surface area contributed by atoms with Crippen molar-refractivity contribution in [3.63, 3.8) is 0 Å². The number of para-hydroxylation sites is 1. The number of H-pyrrole nitrogens is 1. The van der Waals surface area contributed by atoms with E-state index in [9.17, 15) is 9.59 Å². The number of Topliss-reactive ketones (excluding diaryl/α,β-unsaturated/α-hetero) is 1. The Morgan fingerprint density at radius 3 is 2.80 bits per heavy atom. The molecule has 20 heavy (non-hydrogen) atoms. The molecule has 0 radical (unpaired) electrons. The summed E-state index contributed by atoms with van der Waals surface area (Å²) in [6.07, 6.45) is 2.50. The second kappa shape index (κ2) is 6.81. The zero-order chi connectivity index (χ0) is 14.5. The maximum absolute atomic E-state index is 12.5. The number of pyridine rings is 1. The van der Waals surface area contributed by atoms with E-state index in [1.54, 1.807) is 6.07 Å². The van der Waals surface area contributed by atoms with Gasteiger partial charge < -0.3 is 10.7 Å².